The average Bonchev–Trinajstić information content (AvgIpc) is 2.90. The molecule has 2 fully saturated rings. The van der Waals surface area contributed by atoms with Gasteiger partial charge < -0.3 is 0 Å². The molecular formula is C32H43F3. The van der Waals surface area contributed by atoms with E-state index in [9.17, 15) is 13.2 Å². The first-order valence-corrected chi connectivity index (χ1v) is 14.2. The number of hydrogen-bond donors (Lipinski definition) is 0. The molecule has 35 heavy (non-hydrogen) atoms. The first kappa shape index (κ1) is 26.3. The molecule has 0 nitrogen and oxygen atoms in total. The molecule has 0 radical (unpaired) electrons. The monoisotopic (exact) mass is 484 g/mol. The van der Waals surface area contributed by atoms with E-state index in [0.717, 1.165) is 36.0 Å². The molecule has 0 atom stereocenters. The zero-order valence-electron chi connectivity index (χ0n) is 21.6. The van der Waals surface area contributed by atoms with Crippen LogP contribution in [0.1, 0.15) is 109 Å². The van der Waals surface area contributed by atoms with Gasteiger partial charge >= 0.3 is 0 Å². The SMILES string of the molecule is CCCCCCC1CCC(CCc2ccc(-c3cc(F)c(F)c(F)c3)cc2)(C2CCCCC2)CC1. The molecule has 0 amide bonds. The summed E-state index contributed by atoms with van der Waals surface area (Å²) in [4.78, 5) is 0. The zero-order chi connectivity index (χ0) is 24.7. The normalized spacial score (nSPS) is 23.5. The predicted molar refractivity (Wildman–Crippen MR) is 140 cm³/mol. The Labute approximate surface area is 210 Å². The second kappa shape index (κ2) is 12.5. The van der Waals surface area contributed by atoms with Crippen LogP contribution in [0.2, 0.25) is 0 Å². The van der Waals surface area contributed by atoms with E-state index in [2.05, 4.69) is 19.1 Å². The quantitative estimate of drug-likeness (QED) is 0.232. The standard InChI is InChI=1S/C32H43F3/c1-2-3-4-6-9-24-16-19-32(20-17-24,28-10-7-5-8-11-28)21-18-25-12-14-26(15-13-25)27-22-29(33)31(35)30(34)23-27/h12-15,22-24,28H,2-11,16-21H2,1H3. The summed E-state index contributed by atoms with van der Waals surface area (Å²) in [5.41, 5.74) is 2.87. The fourth-order valence-corrected chi connectivity index (χ4v) is 6.96. The Balaban J connectivity index is 1.39. The maximum absolute atomic E-state index is 13.7. The van der Waals surface area contributed by atoms with Crippen LogP contribution in [-0.4, -0.2) is 0 Å². The molecular weight excluding hydrogens is 441 g/mol. The summed E-state index contributed by atoms with van der Waals surface area (Å²) in [5, 5.41) is 0. The maximum atomic E-state index is 13.7. The fraction of sp³-hybridized carbons (Fsp3) is 0.625. The Bertz CT molecular complexity index is 895. The van der Waals surface area contributed by atoms with Crippen LogP contribution in [0, 0.1) is 34.7 Å². The smallest absolute Gasteiger partial charge is 0.194 e. The summed E-state index contributed by atoms with van der Waals surface area (Å²) in [5.74, 6) is -1.88. The molecule has 0 heterocycles. The fourth-order valence-electron chi connectivity index (χ4n) is 6.96. The minimum Gasteiger partial charge on any atom is -0.204 e. The first-order valence-electron chi connectivity index (χ1n) is 14.2. The van der Waals surface area contributed by atoms with Crippen molar-refractivity contribution < 1.29 is 13.2 Å². The Hall–Kier alpha value is -1.77. The van der Waals surface area contributed by atoms with Gasteiger partial charge in [0, 0.05) is 0 Å². The van der Waals surface area contributed by atoms with Crippen LogP contribution in [0.5, 0.6) is 0 Å². The highest BCUT2D eigenvalue weighted by molar-refractivity contribution is 5.63. The zero-order valence-corrected chi connectivity index (χ0v) is 21.6. The number of unbranched alkanes of at least 4 members (excludes halogenated alkanes) is 3. The third-order valence-electron chi connectivity index (χ3n) is 9.22. The van der Waals surface area contributed by atoms with Gasteiger partial charge in [-0.05, 0) is 97.4 Å². The molecule has 0 aromatic heterocycles. The van der Waals surface area contributed by atoms with Gasteiger partial charge in [0.1, 0.15) is 0 Å². The lowest BCUT2D eigenvalue weighted by Gasteiger charge is -2.48. The van der Waals surface area contributed by atoms with E-state index >= 15 is 0 Å². The predicted octanol–water partition coefficient (Wildman–Crippen LogP) is 10.4. The van der Waals surface area contributed by atoms with E-state index in [4.69, 9.17) is 0 Å². The third-order valence-corrected chi connectivity index (χ3v) is 9.22. The van der Waals surface area contributed by atoms with Crippen LogP contribution >= 0.6 is 0 Å². The highest BCUT2D eigenvalue weighted by Crippen LogP contribution is 2.52. The summed E-state index contributed by atoms with van der Waals surface area (Å²) in [6, 6.07) is 10.2. The maximum Gasteiger partial charge on any atom is 0.194 e. The highest BCUT2D eigenvalue weighted by atomic mass is 19.2. The van der Waals surface area contributed by atoms with Crippen molar-refractivity contribution >= 4 is 0 Å². The number of aryl methyl sites for hydroxylation is 1. The average molecular weight is 485 g/mol. The minimum atomic E-state index is -1.41. The van der Waals surface area contributed by atoms with Gasteiger partial charge in [0.25, 0.3) is 0 Å². The molecule has 2 aromatic carbocycles. The Morgan fingerprint density at radius 1 is 0.771 bits per heavy atom. The Morgan fingerprint density at radius 3 is 2.06 bits per heavy atom. The van der Waals surface area contributed by atoms with Gasteiger partial charge in [-0.15, -0.1) is 0 Å². The molecule has 0 spiro atoms. The van der Waals surface area contributed by atoms with E-state index in [1.807, 2.05) is 12.1 Å². The molecule has 0 bridgehead atoms. The lowest BCUT2D eigenvalue weighted by atomic mass is 9.58. The summed E-state index contributed by atoms with van der Waals surface area (Å²) in [6.07, 6.45) is 21.8. The van der Waals surface area contributed by atoms with Crippen molar-refractivity contribution in [1.29, 1.82) is 0 Å². The van der Waals surface area contributed by atoms with Gasteiger partial charge in [0.15, 0.2) is 17.5 Å². The molecule has 3 heteroatoms. The number of rotatable bonds is 10. The molecule has 2 aliphatic rings. The van der Waals surface area contributed by atoms with Gasteiger partial charge in [0.05, 0.1) is 0 Å². The van der Waals surface area contributed by atoms with Crippen molar-refractivity contribution in [2.24, 2.45) is 17.3 Å². The van der Waals surface area contributed by atoms with Crippen molar-refractivity contribution in [1.82, 2.24) is 0 Å². The molecule has 0 unspecified atom stereocenters. The molecule has 2 saturated carbocycles. The van der Waals surface area contributed by atoms with E-state index < -0.39 is 17.5 Å². The number of halogens is 3. The van der Waals surface area contributed by atoms with Gasteiger partial charge in [-0.3, -0.25) is 0 Å². The molecule has 4 rings (SSSR count). The molecule has 2 aromatic rings. The van der Waals surface area contributed by atoms with Crippen molar-refractivity contribution in [3.63, 3.8) is 0 Å². The van der Waals surface area contributed by atoms with Gasteiger partial charge in [-0.25, -0.2) is 13.2 Å². The van der Waals surface area contributed by atoms with Crippen molar-refractivity contribution in [2.45, 2.75) is 110 Å². The van der Waals surface area contributed by atoms with Gasteiger partial charge in [-0.2, -0.15) is 0 Å². The minimum absolute atomic E-state index is 0.379. The van der Waals surface area contributed by atoms with Crippen LogP contribution in [0.4, 0.5) is 13.2 Å². The van der Waals surface area contributed by atoms with Gasteiger partial charge in [0.2, 0.25) is 0 Å². The first-order chi connectivity index (χ1) is 17.0. The summed E-state index contributed by atoms with van der Waals surface area (Å²) < 4.78 is 40.7. The molecule has 2 aliphatic carbocycles. The van der Waals surface area contributed by atoms with Crippen LogP contribution < -0.4 is 0 Å². The summed E-state index contributed by atoms with van der Waals surface area (Å²) in [7, 11) is 0. The number of benzene rings is 2. The third kappa shape index (κ3) is 6.71. The van der Waals surface area contributed by atoms with E-state index in [-0.39, 0.29) is 0 Å². The number of hydrogen-bond acceptors (Lipinski definition) is 0. The van der Waals surface area contributed by atoms with E-state index in [1.165, 1.54) is 102 Å². The lowest BCUT2D eigenvalue weighted by Crippen LogP contribution is -2.36. The molecule has 0 aliphatic heterocycles. The van der Waals surface area contributed by atoms with Gasteiger partial charge in [-0.1, -0.05) is 82.6 Å². The topological polar surface area (TPSA) is 0 Å². The Morgan fingerprint density at radius 2 is 1.43 bits per heavy atom. The second-order valence-corrected chi connectivity index (χ2v) is 11.4. The van der Waals surface area contributed by atoms with Crippen LogP contribution in [0.3, 0.4) is 0 Å². The van der Waals surface area contributed by atoms with E-state index in [1.54, 1.807) is 0 Å². The highest BCUT2D eigenvalue weighted by Gasteiger charge is 2.41. The van der Waals surface area contributed by atoms with Crippen LogP contribution in [0.15, 0.2) is 36.4 Å². The summed E-state index contributed by atoms with van der Waals surface area (Å²) in [6.45, 7) is 2.29. The molecule has 0 saturated heterocycles. The largest absolute Gasteiger partial charge is 0.204 e. The Kier molecular flexibility index (Phi) is 9.36. The van der Waals surface area contributed by atoms with Crippen LogP contribution in [0.25, 0.3) is 11.1 Å². The molecule has 0 N–H and O–H groups in total. The van der Waals surface area contributed by atoms with Crippen molar-refractivity contribution in [2.75, 3.05) is 0 Å². The second-order valence-electron chi connectivity index (χ2n) is 11.4. The molecule has 192 valence electrons. The van der Waals surface area contributed by atoms with Crippen LogP contribution in [-0.2, 0) is 6.42 Å². The van der Waals surface area contributed by atoms with E-state index in [0.29, 0.717) is 11.0 Å². The van der Waals surface area contributed by atoms with Crippen molar-refractivity contribution in [3.8, 4) is 11.1 Å². The van der Waals surface area contributed by atoms with Crippen molar-refractivity contribution in [3.05, 3.63) is 59.4 Å². The summed E-state index contributed by atoms with van der Waals surface area (Å²) >= 11 is 0. The lowest BCUT2D eigenvalue weighted by molar-refractivity contribution is 0.0379.